The lowest BCUT2D eigenvalue weighted by Gasteiger charge is -2.10. The Kier molecular flexibility index (Phi) is 3.33. The molecule has 0 fully saturated rings. The summed E-state index contributed by atoms with van der Waals surface area (Å²) in [7, 11) is 1.81. The highest BCUT2D eigenvalue weighted by molar-refractivity contribution is 9.10. The molecule has 0 aliphatic rings. The first kappa shape index (κ1) is 11.6. The van der Waals surface area contributed by atoms with Gasteiger partial charge in [0.2, 0.25) is 0 Å². The van der Waals surface area contributed by atoms with E-state index >= 15 is 0 Å². The molecule has 84 valence electrons. The molecule has 1 aromatic carbocycles. The van der Waals surface area contributed by atoms with Gasteiger partial charge >= 0.3 is 0 Å². The molecule has 2 aromatic rings. The van der Waals surface area contributed by atoms with Crippen LogP contribution in [-0.2, 0) is 7.05 Å². The first-order valence-corrected chi connectivity index (χ1v) is 5.87. The molecule has 0 saturated heterocycles. The molecule has 1 unspecified atom stereocenters. The van der Waals surface area contributed by atoms with Gasteiger partial charge in [0.1, 0.15) is 6.10 Å². The van der Waals surface area contributed by atoms with Crippen molar-refractivity contribution >= 4 is 27.5 Å². The first-order valence-electron chi connectivity index (χ1n) is 4.70. The van der Waals surface area contributed by atoms with Crippen molar-refractivity contribution in [2.45, 2.75) is 6.10 Å². The fraction of sp³-hybridized carbons (Fsp3) is 0.182. The van der Waals surface area contributed by atoms with Crippen molar-refractivity contribution in [3.63, 3.8) is 0 Å². The van der Waals surface area contributed by atoms with Crippen molar-refractivity contribution in [2.75, 3.05) is 0 Å². The molecule has 0 radical (unpaired) electrons. The quantitative estimate of drug-likeness (QED) is 0.926. The Morgan fingerprint density at radius 2 is 2.19 bits per heavy atom. The highest BCUT2D eigenvalue weighted by Gasteiger charge is 2.16. The third-order valence-electron chi connectivity index (χ3n) is 2.27. The number of halogens is 2. The molecule has 2 rings (SSSR count). The van der Waals surface area contributed by atoms with Gasteiger partial charge in [0.15, 0.2) is 0 Å². The molecule has 1 atom stereocenters. The predicted octanol–water partition coefficient (Wildman–Crippen LogP) is 2.92. The van der Waals surface area contributed by atoms with Gasteiger partial charge in [0.25, 0.3) is 0 Å². The minimum absolute atomic E-state index is 0.616. The van der Waals surface area contributed by atoms with E-state index in [2.05, 4.69) is 21.0 Å². The van der Waals surface area contributed by atoms with Crippen LogP contribution < -0.4 is 0 Å². The van der Waals surface area contributed by atoms with E-state index in [9.17, 15) is 5.11 Å². The van der Waals surface area contributed by atoms with Crippen molar-refractivity contribution in [1.82, 2.24) is 9.78 Å². The third-order valence-corrected chi connectivity index (χ3v) is 3.19. The lowest BCUT2D eigenvalue weighted by atomic mass is 10.1. The predicted molar refractivity (Wildman–Crippen MR) is 66.4 cm³/mol. The highest BCUT2D eigenvalue weighted by Crippen LogP contribution is 2.29. The number of aliphatic hydroxyl groups is 1. The van der Waals surface area contributed by atoms with E-state index in [1.54, 1.807) is 35.1 Å². The van der Waals surface area contributed by atoms with Crippen molar-refractivity contribution in [3.8, 4) is 0 Å². The molecule has 16 heavy (non-hydrogen) atoms. The SMILES string of the molecule is Cn1ccc(C(O)c2ccc(Cl)cc2Br)n1. The smallest absolute Gasteiger partial charge is 0.124 e. The zero-order valence-electron chi connectivity index (χ0n) is 8.56. The van der Waals surface area contributed by atoms with Crippen molar-refractivity contribution < 1.29 is 5.11 Å². The number of hydrogen-bond acceptors (Lipinski definition) is 2. The number of aryl methyl sites for hydroxylation is 1. The summed E-state index contributed by atoms with van der Waals surface area (Å²) in [5.41, 5.74) is 1.37. The van der Waals surface area contributed by atoms with Gasteiger partial charge in [0, 0.05) is 28.3 Å². The van der Waals surface area contributed by atoms with Gasteiger partial charge in [-0.25, -0.2) is 0 Å². The Bertz CT molecular complexity index is 512. The van der Waals surface area contributed by atoms with Gasteiger partial charge in [-0.15, -0.1) is 0 Å². The summed E-state index contributed by atoms with van der Waals surface area (Å²) >= 11 is 9.21. The number of hydrogen-bond donors (Lipinski definition) is 1. The van der Waals surface area contributed by atoms with Crippen LogP contribution in [0.5, 0.6) is 0 Å². The Morgan fingerprint density at radius 3 is 2.75 bits per heavy atom. The van der Waals surface area contributed by atoms with Crippen LogP contribution in [0.4, 0.5) is 0 Å². The fourth-order valence-corrected chi connectivity index (χ4v) is 2.36. The minimum atomic E-state index is -0.743. The summed E-state index contributed by atoms with van der Waals surface area (Å²) in [6, 6.07) is 7.06. The average Bonchev–Trinajstić information content (AvgIpc) is 2.64. The van der Waals surface area contributed by atoms with Gasteiger partial charge in [-0.3, -0.25) is 4.68 Å². The summed E-state index contributed by atoms with van der Waals surface area (Å²) in [5.74, 6) is 0. The van der Waals surface area contributed by atoms with Crippen LogP contribution in [0.25, 0.3) is 0 Å². The van der Waals surface area contributed by atoms with E-state index in [4.69, 9.17) is 11.6 Å². The second-order valence-electron chi connectivity index (χ2n) is 3.48. The molecule has 3 nitrogen and oxygen atoms in total. The van der Waals surface area contributed by atoms with E-state index in [1.807, 2.05) is 7.05 Å². The third kappa shape index (κ3) is 2.29. The topological polar surface area (TPSA) is 38.0 Å². The molecule has 0 saturated carbocycles. The van der Waals surface area contributed by atoms with Crippen LogP contribution in [0, 0.1) is 0 Å². The fourth-order valence-electron chi connectivity index (χ4n) is 1.46. The second-order valence-corrected chi connectivity index (χ2v) is 4.77. The maximum Gasteiger partial charge on any atom is 0.124 e. The van der Waals surface area contributed by atoms with Gasteiger partial charge in [0.05, 0.1) is 5.69 Å². The van der Waals surface area contributed by atoms with Gasteiger partial charge in [-0.1, -0.05) is 33.6 Å². The molecule has 0 spiro atoms. The molecular weight excluding hydrogens is 291 g/mol. The van der Waals surface area contributed by atoms with E-state index in [1.165, 1.54) is 0 Å². The Morgan fingerprint density at radius 1 is 1.44 bits per heavy atom. The molecule has 5 heteroatoms. The van der Waals surface area contributed by atoms with E-state index in [0.717, 1.165) is 10.0 Å². The monoisotopic (exact) mass is 300 g/mol. The molecule has 1 heterocycles. The molecule has 0 amide bonds. The summed E-state index contributed by atoms with van der Waals surface area (Å²) in [6.07, 6.45) is 1.05. The molecule has 0 bridgehead atoms. The Hall–Kier alpha value is -0.840. The first-order chi connectivity index (χ1) is 7.58. The maximum atomic E-state index is 10.1. The van der Waals surface area contributed by atoms with Crippen LogP contribution in [0.2, 0.25) is 5.02 Å². The number of nitrogens with zero attached hydrogens (tertiary/aromatic N) is 2. The van der Waals surface area contributed by atoms with Crippen LogP contribution in [0.15, 0.2) is 34.9 Å². The zero-order valence-corrected chi connectivity index (χ0v) is 10.9. The largest absolute Gasteiger partial charge is 0.382 e. The summed E-state index contributed by atoms with van der Waals surface area (Å²) in [5, 5.41) is 14.9. The number of rotatable bonds is 2. The molecular formula is C11H10BrClN2O. The maximum absolute atomic E-state index is 10.1. The Labute approximate surface area is 107 Å². The summed E-state index contributed by atoms with van der Waals surface area (Å²) in [4.78, 5) is 0. The van der Waals surface area contributed by atoms with E-state index < -0.39 is 6.10 Å². The van der Waals surface area contributed by atoms with Crippen LogP contribution in [0.1, 0.15) is 17.4 Å². The molecule has 0 aliphatic carbocycles. The van der Waals surface area contributed by atoms with Crippen molar-refractivity contribution in [3.05, 3.63) is 51.2 Å². The van der Waals surface area contributed by atoms with E-state index in [-0.39, 0.29) is 0 Å². The molecule has 1 N–H and O–H groups in total. The molecule has 0 aliphatic heterocycles. The Balaban J connectivity index is 2.37. The zero-order chi connectivity index (χ0) is 11.7. The normalized spacial score (nSPS) is 12.8. The lowest BCUT2D eigenvalue weighted by Crippen LogP contribution is -2.02. The lowest BCUT2D eigenvalue weighted by molar-refractivity contribution is 0.213. The van der Waals surface area contributed by atoms with Gasteiger partial charge in [-0.2, -0.15) is 5.10 Å². The van der Waals surface area contributed by atoms with Crippen LogP contribution in [0.3, 0.4) is 0 Å². The number of aliphatic hydroxyl groups excluding tert-OH is 1. The summed E-state index contributed by atoms with van der Waals surface area (Å²) in [6.45, 7) is 0. The minimum Gasteiger partial charge on any atom is -0.382 e. The number of benzene rings is 1. The second kappa shape index (κ2) is 4.57. The van der Waals surface area contributed by atoms with Crippen molar-refractivity contribution in [2.24, 2.45) is 7.05 Å². The molecule has 1 aromatic heterocycles. The van der Waals surface area contributed by atoms with Gasteiger partial charge < -0.3 is 5.11 Å². The summed E-state index contributed by atoms with van der Waals surface area (Å²) < 4.78 is 2.43. The standard InChI is InChI=1S/C11H10BrClN2O/c1-15-5-4-10(14-15)11(16)8-3-2-7(13)6-9(8)12/h2-6,11,16H,1H3. The van der Waals surface area contributed by atoms with E-state index in [0.29, 0.717) is 10.7 Å². The number of aromatic nitrogens is 2. The van der Waals surface area contributed by atoms with Crippen molar-refractivity contribution in [1.29, 1.82) is 0 Å². The van der Waals surface area contributed by atoms with Gasteiger partial charge in [-0.05, 0) is 18.2 Å². The highest BCUT2D eigenvalue weighted by atomic mass is 79.9. The average molecular weight is 302 g/mol. The van der Waals surface area contributed by atoms with Crippen LogP contribution >= 0.6 is 27.5 Å². The van der Waals surface area contributed by atoms with Crippen LogP contribution in [-0.4, -0.2) is 14.9 Å².